The van der Waals surface area contributed by atoms with Crippen molar-refractivity contribution in [3.63, 3.8) is 0 Å². The highest BCUT2D eigenvalue weighted by Crippen LogP contribution is 2.19. The van der Waals surface area contributed by atoms with E-state index in [9.17, 15) is 4.79 Å². The molecule has 0 spiro atoms. The van der Waals surface area contributed by atoms with Crippen molar-refractivity contribution in [3.05, 3.63) is 29.3 Å². The van der Waals surface area contributed by atoms with Crippen molar-refractivity contribution in [1.82, 2.24) is 4.90 Å². The van der Waals surface area contributed by atoms with Crippen molar-refractivity contribution in [3.8, 4) is 5.75 Å². The van der Waals surface area contributed by atoms with Crippen LogP contribution in [-0.4, -0.2) is 50.1 Å². The number of carbonyl (C=O) groups is 1. The molecule has 0 N–H and O–H groups in total. The Balaban J connectivity index is 2.00. The Hall–Kier alpha value is -1.39. The lowest BCUT2D eigenvalue weighted by molar-refractivity contribution is 0.0371. The van der Waals surface area contributed by atoms with Crippen LogP contribution in [-0.2, 0) is 4.74 Å². The van der Waals surface area contributed by atoms with Crippen LogP contribution in [0.3, 0.4) is 0 Å². The van der Waals surface area contributed by atoms with Gasteiger partial charge in [0.25, 0.3) is 0 Å². The maximum absolute atomic E-state index is 12.2. The van der Waals surface area contributed by atoms with Crippen LogP contribution in [0.15, 0.2) is 18.2 Å². The van der Waals surface area contributed by atoms with Gasteiger partial charge in [-0.15, -0.1) is 0 Å². The third-order valence-electron chi connectivity index (χ3n) is 3.27. The minimum atomic E-state index is 0.160. The topological polar surface area (TPSA) is 38.8 Å². The van der Waals surface area contributed by atoms with Gasteiger partial charge >= 0.3 is 0 Å². The molecule has 0 unspecified atom stereocenters. The van der Waals surface area contributed by atoms with Crippen LogP contribution in [0.25, 0.3) is 0 Å². The number of hydrogen-bond donors (Lipinski definition) is 0. The number of morpholine rings is 1. The van der Waals surface area contributed by atoms with Gasteiger partial charge in [-0.05, 0) is 37.6 Å². The van der Waals surface area contributed by atoms with E-state index in [0.29, 0.717) is 13.2 Å². The minimum absolute atomic E-state index is 0.160. The molecule has 1 heterocycles. The summed E-state index contributed by atoms with van der Waals surface area (Å²) in [5.41, 5.74) is 1.77. The first-order valence-corrected chi connectivity index (χ1v) is 6.77. The Morgan fingerprint density at radius 3 is 2.74 bits per heavy atom. The monoisotopic (exact) mass is 263 g/mol. The first kappa shape index (κ1) is 14.0. The summed E-state index contributed by atoms with van der Waals surface area (Å²) in [6, 6.07) is 5.64. The molecule has 0 radical (unpaired) electrons. The van der Waals surface area contributed by atoms with Gasteiger partial charge in [-0.3, -0.25) is 9.69 Å². The number of Topliss-reactive ketones (excluding diaryl/α,β-unsaturated/α-hetero) is 1. The molecular formula is C15H21NO3. The van der Waals surface area contributed by atoms with Crippen molar-refractivity contribution in [2.75, 3.05) is 39.5 Å². The van der Waals surface area contributed by atoms with Crippen molar-refractivity contribution >= 4 is 5.78 Å². The van der Waals surface area contributed by atoms with Crippen molar-refractivity contribution in [2.45, 2.75) is 13.8 Å². The molecule has 1 aliphatic rings. The second-order valence-electron chi connectivity index (χ2n) is 4.72. The number of hydrogen-bond acceptors (Lipinski definition) is 4. The summed E-state index contributed by atoms with van der Waals surface area (Å²) < 4.78 is 10.8. The predicted octanol–water partition coefficient (Wildman–Crippen LogP) is 1.91. The van der Waals surface area contributed by atoms with Gasteiger partial charge in [0.05, 0.1) is 26.4 Å². The zero-order chi connectivity index (χ0) is 13.7. The van der Waals surface area contributed by atoms with Crippen LogP contribution in [0.1, 0.15) is 22.8 Å². The van der Waals surface area contributed by atoms with Crippen molar-refractivity contribution in [1.29, 1.82) is 0 Å². The summed E-state index contributed by atoms with van der Waals surface area (Å²) >= 11 is 0. The smallest absolute Gasteiger partial charge is 0.176 e. The van der Waals surface area contributed by atoms with E-state index < -0.39 is 0 Å². The molecule has 0 aliphatic carbocycles. The average molecular weight is 263 g/mol. The Labute approximate surface area is 114 Å². The van der Waals surface area contributed by atoms with Crippen LogP contribution in [0.4, 0.5) is 0 Å². The molecule has 0 amide bonds. The summed E-state index contributed by atoms with van der Waals surface area (Å²) in [5, 5.41) is 0. The summed E-state index contributed by atoms with van der Waals surface area (Å²) in [4.78, 5) is 14.3. The third-order valence-corrected chi connectivity index (χ3v) is 3.27. The number of aryl methyl sites for hydroxylation is 1. The van der Waals surface area contributed by atoms with Crippen LogP contribution in [0.2, 0.25) is 0 Å². The van der Waals surface area contributed by atoms with E-state index >= 15 is 0 Å². The molecule has 104 valence electrons. The number of nitrogens with zero attached hydrogens (tertiary/aromatic N) is 1. The van der Waals surface area contributed by atoms with E-state index in [1.165, 1.54) is 0 Å². The highest BCUT2D eigenvalue weighted by Gasteiger charge is 2.16. The van der Waals surface area contributed by atoms with Crippen molar-refractivity contribution in [2.24, 2.45) is 0 Å². The lowest BCUT2D eigenvalue weighted by Gasteiger charge is -2.25. The van der Waals surface area contributed by atoms with Gasteiger partial charge in [0.1, 0.15) is 5.75 Å². The Bertz CT molecular complexity index is 439. The second kappa shape index (κ2) is 6.68. The van der Waals surface area contributed by atoms with E-state index in [0.717, 1.165) is 43.2 Å². The van der Waals surface area contributed by atoms with Gasteiger partial charge in [0.2, 0.25) is 0 Å². The summed E-state index contributed by atoms with van der Waals surface area (Å²) in [6.45, 7) is 8.14. The first-order valence-electron chi connectivity index (χ1n) is 6.77. The van der Waals surface area contributed by atoms with E-state index in [2.05, 4.69) is 4.90 Å². The summed E-state index contributed by atoms with van der Waals surface area (Å²) in [5.74, 6) is 1.01. The van der Waals surface area contributed by atoms with Gasteiger partial charge in [0.15, 0.2) is 5.78 Å². The van der Waals surface area contributed by atoms with E-state index in [-0.39, 0.29) is 5.78 Å². The summed E-state index contributed by atoms with van der Waals surface area (Å²) in [6.07, 6.45) is 0. The third kappa shape index (κ3) is 3.78. The van der Waals surface area contributed by atoms with Crippen molar-refractivity contribution < 1.29 is 14.3 Å². The molecule has 19 heavy (non-hydrogen) atoms. The zero-order valence-corrected chi connectivity index (χ0v) is 11.6. The molecular weight excluding hydrogens is 242 g/mol. The fraction of sp³-hybridized carbons (Fsp3) is 0.533. The zero-order valence-electron chi connectivity index (χ0n) is 11.6. The number of rotatable bonds is 5. The van der Waals surface area contributed by atoms with Crippen LogP contribution in [0.5, 0.6) is 5.75 Å². The fourth-order valence-corrected chi connectivity index (χ4v) is 2.19. The molecule has 1 aliphatic heterocycles. The first-order chi connectivity index (χ1) is 9.20. The number of carbonyl (C=O) groups excluding carboxylic acids is 1. The molecule has 2 rings (SSSR count). The van der Waals surface area contributed by atoms with E-state index in [4.69, 9.17) is 9.47 Å². The molecule has 4 nitrogen and oxygen atoms in total. The fourth-order valence-electron chi connectivity index (χ4n) is 2.19. The van der Waals surface area contributed by atoms with Gasteiger partial charge < -0.3 is 9.47 Å². The molecule has 0 aromatic heterocycles. The predicted molar refractivity (Wildman–Crippen MR) is 73.9 cm³/mol. The average Bonchev–Trinajstić information content (AvgIpc) is 2.42. The van der Waals surface area contributed by atoms with Crippen LogP contribution < -0.4 is 4.74 Å². The SMILES string of the molecule is CCOc1ccc(C(=O)CN2CCOCC2)cc1C. The molecule has 1 saturated heterocycles. The van der Waals surface area contributed by atoms with Gasteiger partial charge in [-0.25, -0.2) is 0 Å². The van der Waals surface area contributed by atoms with Crippen LogP contribution in [0, 0.1) is 6.92 Å². The number of ether oxygens (including phenoxy) is 2. The lowest BCUT2D eigenvalue weighted by atomic mass is 10.1. The number of benzene rings is 1. The lowest BCUT2D eigenvalue weighted by Crippen LogP contribution is -2.39. The highest BCUT2D eigenvalue weighted by molar-refractivity contribution is 5.98. The van der Waals surface area contributed by atoms with Gasteiger partial charge in [-0.2, -0.15) is 0 Å². The molecule has 1 fully saturated rings. The Morgan fingerprint density at radius 2 is 2.11 bits per heavy atom. The van der Waals surface area contributed by atoms with Gasteiger partial charge in [-0.1, -0.05) is 0 Å². The maximum atomic E-state index is 12.2. The largest absolute Gasteiger partial charge is 0.494 e. The minimum Gasteiger partial charge on any atom is -0.494 e. The Morgan fingerprint density at radius 1 is 1.37 bits per heavy atom. The molecule has 0 saturated carbocycles. The molecule has 0 bridgehead atoms. The normalized spacial score (nSPS) is 16.3. The van der Waals surface area contributed by atoms with E-state index in [1.807, 2.05) is 32.0 Å². The molecule has 0 atom stereocenters. The second-order valence-corrected chi connectivity index (χ2v) is 4.72. The standard InChI is InChI=1S/C15H21NO3/c1-3-19-15-5-4-13(10-12(15)2)14(17)11-16-6-8-18-9-7-16/h4-5,10H,3,6-9,11H2,1-2H3. The summed E-state index contributed by atoms with van der Waals surface area (Å²) in [7, 11) is 0. The Kier molecular flexibility index (Phi) is 4.93. The maximum Gasteiger partial charge on any atom is 0.176 e. The number of ketones is 1. The molecule has 1 aromatic carbocycles. The van der Waals surface area contributed by atoms with Crippen LogP contribution >= 0.6 is 0 Å². The van der Waals surface area contributed by atoms with E-state index in [1.54, 1.807) is 0 Å². The highest BCUT2D eigenvalue weighted by atomic mass is 16.5. The van der Waals surface area contributed by atoms with Gasteiger partial charge in [0, 0.05) is 18.7 Å². The molecule has 4 heteroatoms. The quantitative estimate of drug-likeness (QED) is 0.761. The molecule has 1 aromatic rings.